The Morgan fingerprint density at radius 3 is 2.61 bits per heavy atom. The minimum absolute atomic E-state index is 0.493. The number of benzene rings is 1. The molecule has 3 heteroatoms. The Morgan fingerprint density at radius 1 is 1.33 bits per heavy atom. The molecule has 100 valence electrons. The van der Waals surface area contributed by atoms with E-state index in [2.05, 4.69) is 37.4 Å². The van der Waals surface area contributed by atoms with E-state index < -0.39 is 11.4 Å². The van der Waals surface area contributed by atoms with Crippen LogP contribution >= 0.6 is 0 Å². The number of carbonyl (C=O) groups is 1. The number of aryl methyl sites for hydroxylation is 2. The fourth-order valence-corrected chi connectivity index (χ4v) is 1.77. The summed E-state index contributed by atoms with van der Waals surface area (Å²) in [6.07, 6.45) is 0.934. The SMILES string of the molecule is Cc1ccc(C)c(CCNCC(C)(C)C(=O)O)c1. The van der Waals surface area contributed by atoms with E-state index in [0.717, 1.165) is 13.0 Å². The molecule has 0 saturated heterocycles. The van der Waals surface area contributed by atoms with Crippen molar-refractivity contribution in [3.63, 3.8) is 0 Å². The molecule has 0 spiro atoms. The van der Waals surface area contributed by atoms with Crippen LogP contribution in [0.5, 0.6) is 0 Å². The van der Waals surface area contributed by atoms with Gasteiger partial charge in [-0.15, -0.1) is 0 Å². The van der Waals surface area contributed by atoms with Gasteiger partial charge >= 0.3 is 5.97 Å². The molecule has 0 aliphatic rings. The lowest BCUT2D eigenvalue weighted by molar-refractivity contribution is -0.146. The van der Waals surface area contributed by atoms with Gasteiger partial charge in [0.2, 0.25) is 0 Å². The molecular formula is C15H23NO2. The average molecular weight is 249 g/mol. The lowest BCUT2D eigenvalue weighted by Gasteiger charge is -2.19. The molecule has 0 aliphatic heterocycles. The Kier molecular flexibility index (Phi) is 4.91. The summed E-state index contributed by atoms with van der Waals surface area (Å²) < 4.78 is 0. The molecule has 1 aromatic rings. The molecule has 0 aliphatic carbocycles. The van der Waals surface area contributed by atoms with E-state index in [9.17, 15) is 4.79 Å². The fourth-order valence-electron chi connectivity index (χ4n) is 1.77. The Labute approximate surface area is 109 Å². The molecule has 0 radical (unpaired) electrons. The summed E-state index contributed by atoms with van der Waals surface area (Å²) in [4.78, 5) is 10.9. The summed E-state index contributed by atoms with van der Waals surface area (Å²) in [5.74, 6) is -0.762. The monoisotopic (exact) mass is 249 g/mol. The maximum absolute atomic E-state index is 10.9. The van der Waals surface area contributed by atoms with Gasteiger partial charge in [0.25, 0.3) is 0 Å². The van der Waals surface area contributed by atoms with E-state index in [4.69, 9.17) is 5.11 Å². The number of rotatable bonds is 6. The Hall–Kier alpha value is -1.35. The highest BCUT2D eigenvalue weighted by atomic mass is 16.4. The smallest absolute Gasteiger partial charge is 0.310 e. The van der Waals surface area contributed by atoms with Crippen molar-refractivity contribution in [2.24, 2.45) is 5.41 Å². The molecular weight excluding hydrogens is 226 g/mol. The van der Waals surface area contributed by atoms with Crippen molar-refractivity contribution in [1.82, 2.24) is 5.32 Å². The predicted octanol–water partition coefficient (Wildman–Crippen LogP) is 2.55. The van der Waals surface area contributed by atoms with E-state index in [1.54, 1.807) is 13.8 Å². The van der Waals surface area contributed by atoms with Crippen LogP contribution in [-0.4, -0.2) is 24.2 Å². The zero-order valence-electron chi connectivity index (χ0n) is 11.7. The molecule has 0 amide bonds. The van der Waals surface area contributed by atoms with Crippen LogP contribution in [0.2, 0.25) is 0 Å². The molecule has 0 atom stereocenters. The topological polar surface area (TPSA) is 49.3 Å². The first-order valence-electron chi connectivity index (χ1n) is 6.33. The molecule has 3 nitrogen and oxygen atoms in total. The second-order valence-corrected chi connectivity index (χ2v) is 5.55. The Morgan fingerprint density at radius 2 is 2.00 bits per heavy atom. The van der Waals surface area contributed by atoms with Gasteiger partial charge < -0.3 is 10.4 Å². The minimum Gasteiger partial charge on any atom is -0.481 e. The van der Waals surface area contributed by atoms with Gasteiger partial charge in [-0.25, -0.2) is 0 Å². The van der Waals surface area contributed by atoms with Gasteiger partial charge in [-0.2, -0.15) is 0 Å². The molecule has 0 saturated carbocycles. The quantitative estimate of drug-likeness (QED) is 0.762. The van der Waals surface area contributed by atoms with Crippen molar-refractivity contribution >= 4 is 5.97 Å². The van der Waals surface area contributed by atoms with Crippen LogP contribution in [-0.2, 0) is 11.2 Å². The summed E-state index contributed by atoms with van der Waals surface area (Å²) in [5, 5.41) is 12.2. The van der Waals surface area contributed by atoms with Crippen molar-refractivity contribution in [1.29, 1.82) is 0 Å². The van der Waals surface area contributed by atoms with Crippen molar-refractivity contribution in [2.45, 2.75) is 34.1 Å². The largest absolute Gasteiger partial charge is 0.481 e. The number of nitrogens with one attached hydrogen (secondary N) is 1. The van der Waals surface area contributed by atoms with Gasteiger partial charge in [0, 0.05) is 6.54 Å². The van der Waals surface area contributed by atoms with Gasteiger partial charge in [0.15, 0.2) is 0 Å². The van der Waals surface area contributed by atoms with Crippen LogP contribution in [0.1, 0.15) is 30.5 Å². The van der Waals surface area contributed by atoms with Crippen molar-refractivity contribution in [3.8, 4) is 0 Å². The third kappa shape index (κ3) is 4.15. The molecule has 1 rings (SSSR count). The van der Waals surface area contributed by atoms with Gasteiger partial charge in [-0.05, 0) is 51.8 Å². The van der Waals surface area contributed by atoms with Crippen molar-refractivity contribution in [2.75, 3.05) is 13.1 Å². The normalized spacial score (nSPS) is 11.6. The lowest BCUT2D eigenvalue weighted by atomic mass is 9.94. The highest BCUT2D eigenvalue weighted by Crippen LogP contribution is 2.14. The van der Waals surface area contributed by atoms with E-state index in [1.807, 2.05) is 0 Å². The number of carboxylic acids is 1. The van der Waals surface area contributed by atoms with E-state index in [1.165, 1.54) is 16.7 Å². The third-order valence-electron chi connectivity index (χ3n) is 3.22. The second-order valence-electron chi connectivity index (χ2n) is 5.55. The maximum atomic E-state index is 10.9. The first-order valence-corrected chi connectivity index (χ1v) is 6.33. The summed E-state index contributed by atoms with van der Waals surface area (Å²) in [6.45, 7) is 8.97. The summed E-state index contributed by atoms with van der Waals surface area (Å²) in [6, 6.07) is 6.44. The van der Waals surface area contributed by atoms with Crippen LogP contribution in [0.25, 0.3) is 0 Å². The lowest BCUT2D eigenvalue weighted by Crippen LogP contribution is -2.36. The van der Waals surface area contributed by atoms with Gasteiger partial charge in [-0.1, -0.05) is 23.8 Å². The van der Waals surface area contributed by atoms with E-state index >= 15 is 0 Å². The molecule has 2 N–H and O–H groups in total. The molecule has 0 bridgehead atoms. The number of hydrogen-bond acceptors (Lipinski definition) is 2. The molecule has 0 heterocycles. The third-order valence-corrected chi connectivity index (χ3v) is 3.22. The van der Waals surface area contributed by atoms with Crippen molar-refractivity contribution in [3.05, 3.63) is 34.9 Å². The first kappa shape index (κ1) is 14.7. The highest BCUT2D eigenvalue weighted by Gasteiger charge is 2.26. The zero-order chi connectivity index (χ0) is 13.8. The minimum atomic E-state index is -0.762. The molecule has 0 unspecified atom stereocenters. The Balaban J connectivity index is 2.43. The maximum Gasteiger partial charge on any atom is 0.310 e. The molecule has 1 aromatic carbocycles. The number of hydrogen-bond donors (Lipinski definition) is 2. The standard InChI is InChI=1S/C15H23NO2/c1-11-5-6-12(2)13(9-11)7-8-16-10-15(3,4)14(17)18/h5-6,9,16H,7-8,10H2,1-4H3,(H,17,18). The summed E-state index contributed by atoms with van der Waals surface area (Å²) in [5.41, 5.74) is 3.18. The van der Waals surface area contributed by atoms with E-state index in [-0.39, 0.29) is 0 Å². The Bertz CT molecular complexity index is 425. The van der Waals surface area contributed by atoms with Crippen molar-refractivity contribution < 1.29 is 9.90 Å². The molecule has 0 fully saturated rings. The van der Waals surface area contributed by atoms with E-state index in [0.29, 0.717) is 6.54 Å². The van der Waals surface area contributed by atoms with Crippen LogP contribution in [0.15, 0.2) is 18.2 Å². The van der Waals surface area contributed by atoms with Crippen LogP contribution < -0.4 is 5.32 Å². The second kappa shape index (κ2) is 6.01. The van der Waals surface area contributed by atoms with Crippen LogP contribution in [0.3, 0.4) is 0 Å². The van der Waals surface area contributed by atoms with Gasteiger partial charge in [0.1, 0.15) is 0 Å². The number of aliphatic carboxylic acids is 1. The fraction of sp³-hybridized carbons (Fsp3) is 0.533. The summed E-state index contributed by atoms with van der Waals surface area (Å²) >= 11 is 0. The first-order chi connectivity index (χ1) is 8.33. The molecule has 0 aromatic heterocycles. The van der Waals surface area contributed by atoms with Gasteiger partial charge in [-0.3, -0.25) is 4.79 Å². The van der Waals surface area contributed by atoms with Gasteiger partial charge in [0.05, 0.1) is 5.41 Å². The predicted molar refractivity (Wildman–Crippen MR) is 73.9 cm³/mol. The van der Waals surface area contributed by atoms with Crippen LogP contribution in [0, 0.1) is 19.3 Å². The van der Waals surface area contributed by atoms with Crippen LogP contribution in [0.4, 0.5) is 0 Å². The summed E-state index contributed by atoms with van der Waals surface area (Å²) in [7, 11) is 0. The zero-order valence-corrected chi connectivity index (χ0v) is 11.7. The average Bonchev–Trinajstić information content (AvgIpc) is 2.28. The highest BCUT2D eigenvalue weighted by molar-refractivity contribution is 5.73. The number of carboxylic acid groups (broad SMARTS) is 1. The molecule has 18 heavy (non-hydrogen) atoms.